The Hall–Kier alpha value is -2.22. The van der Waals surface area contributed by atoms with Gasteiger partial charge in [-0.2, -0.15) is 18.3 Å². The molecule has 3 rings (SSSR count). The highest BCUT2D eigenvalue weighted by Gasteiger charge is 2.33. The first-order chi connectivity index (χ1) is 12.6. The molecule has 1 atom stereocenters. The van der Waals surface area contributed by atoms with E-state index < -0.39 is 23.6 Å². The van der Waals surface area contributed by atoms with Crippen LogP contribution in [0, 0.1) is 19.7 Å². The van der Waals surface area contributed by atoms with Crippen LogP contribution < -0.4 is 5.32 Å². The fourth-order valence-corrected chi connectivity index (χ4v) is 3.44. The maximum atomic E-state index is 13.9. The zero-order chi connectivity index (χ0) is 19.9. The molecule has 0 amide bonds. The summed E-state index contributed by atoms with van der Waals surface area (Å²) in [4.78, 5) is 0. The number of halogens is 5. The van der Waals surface area contributed by atoms with Gasteiger partial charge in [-0.15, -0.1) is 5.10 Å². The second-order valence-electron chi connectivity index (χ2n) is 6.33. The van der Waals surface area contributed by atoms with Crippen molar-refractivity contribution in [3.8, 4) is 0 Å². The Bertz CT molecular complexity index is 1020. The number of alkyl halides is 3. The van der Waals surface area contributed by atoms with Crippen LogP contribution in [0.4, 0.5) is 23.4 Å². The van der Waals surface area contributed by atoms with Crippen molar-refractivity contribution in [3.05, 3.63) is 63.0 Å². The number of hydrogen-bond acceptors (Lipinski definition) is 3. The number of aryl methyl sites for hydroxylation is 1. The minimum atomic E-state index is -4.42. The van der Waals surface area contributed by atoms with Gasteiger partial charge in [0.15, 0.2) is 5.82 Å². The Morgan fingerprint density at radius 2 is 1.78 bits per heavy atom. The van der Waals surface area contributed by atoms with Crippen molar-refractivity contribution in [2.75, 3.05) is 5.32 Å². The lowest BCUT2D eigenvalue weighted by Crippen LogP contribution is -2.14. The lowest BCUT2D eigenvalue weighted by atomic mass is 9.97. The summed E-state index contributed by atoms with van der Waals surface area (Å²) in [6.07, 6.45) is -4.42. The Balaban J connectivity index is 2.04. The number of fused-ring (bicyclic) bond motifs is 1. The quantitative estimate of drug-likeness (QED) is 0.481. The van der Waals surface area contributed by atoms with Crippen LogP contribution in [0.15, 0.2) is 34.8 Å². The van der Waals surface area contributed by atoms with Crippen molar-refractivity contribution >= 4 is 32.5 Å². The summed E-state index contributed by atoms with van der Waals surface area (Å²) >= 11 is 3.15. The zero-order valence-corrected chi connectivity index (χ0v) is 16.3. The van der Waals surface area contributed by atoms with Gasteiger partial charge in [-0.05, 0) is 66.0 Å². The van der Waals surface area contributed by atoms with Gasteiger partial charge >= 0.3 is 6.18 Å². The fourth-order valence-electron chi connectivity index (χ4n) is 3.09. The maximum absolute atomic E-state index is 13.9. The average Bonchev–Trinajstić information content (AvgIpc) is 2.58. The van der Waals surface area contributed by atoms with E-state index in [1.807, 2.05) is 0 Å². The second-order valence-corrected chi connectivity index (χ2v) is 7.18. The van der Waals surface area contributed by atoms with Crippen LogP contribution in [0.1, 0.15) is 35.3 Å². The normalized spacial score (nSPS) is 13.0. The van der Waals surface area contributed by atoms with Crippen LogP contribution in [0.3, 0.4) is 0 Å². The van der Waals surface area contributed by atoms with Crippen LogP contribution in [0.2, 0.25) is 0 Å². The van der Waals surface area contributed by atoms with E-state index in [-0.39, 0.29) is 10.0 Å². The average molecular weight is 442 g/mol. The van der Waals surface area contributed by atoms with E-state index in [0.29, 0.717) is 27.8 Å². The molecule has 0 aliphatic heterocycles. The molecule has 142 valence electrons. The van der Waals surface area contributed by atoms with Crippen molar-refractivity contribution in [1.82, 2.24) is 10.2 Å². The minimum Gasteiger partial charge on any atom is -0.362 e. The third kappa shape index (κ3) is 3.76. The highest BCUT2D eigenvalue weighted by Crippen LogP contribution is 2.36. The van der Waals surface area contributed by atoms with Gasteiger partial charge in [-0.25, -0.2) is 4.39 Å². The molecule has 0 aliphatic carbocycles. The molecule has 0 fully saturated rings. The Morgan fingerprint density at radius 1 is 1.07 bits per heavy atom. The molecule has 27 heavy (non-hydrogen) atoms. The van der Waals surface area contributed by atoms with Gasteiger partial charge in [-0.3, -0.25) is 0 Å². The molecule has 1 aromatic heterocycles. The van der Waals surface area contributed by atoms with E-state index in [9.17, 15) is 17.6 Å². The van der Waals surface area contributed by atoms with Crippen LogP contribution in [-0.4, -0.2) is 10.2 Å². The lowest BCUT2D eigenvalue weighted by Gasteiger charge is -2.21. The molecule has 3 nitrogen and oxygen atoms in total. The van der Waals surface area contributed by atoms with Gasteiger partial charge in [0.1, 0.15) is 5.82 Å². The second kappa shape index (κ2) is 7.07. The largest absolute Gasteiger partial charge is 0.416 e. The standard InChI is InChI=1S/C19H16BrF4N3/c1-9-12(5-4-6-15(9)19(22,23)24)10(2)25-18-14-7-16(20)17(21)8-13(14)11(3)26-27-18/h4-8,10H,1-3H3,(H,25,27)/t10-/m1/s1. The number of benzene rings is 2. The summed E-state index contributed by atoms with van der Waals surface area (Å²) in [6, 6.07) is 6.56. The van der Waals surface area contributed by atoms with Crippen LogP contribution >= 0.6 is 15.9 Å². The third-order valence-corrected chi connectivity index (χ3v) is 5.11. The van der Waals surface area contributed by atoms with Crippen molar-refractivity contribution in [2.45, 2.75) is 33.0 Å². The highest BCUT2D eigenvalue weighted by atomic mass is 79.9. The first kappa shape index (κ1) is 19.5. The van der Waals surface area contributed by atoms with Gasteiger partial charge in [0.25, 0.3) is 0 Å². The number of nitrogens with zero attached hydrogens (tertiary/aromatic N) is 2. The van der Waals surface area contributed by atoms with Crippen molar-refractivity contribution in [3.63, 3.8) is 0 Å². The third-order valence-electron chi connectivity index (χ3n) is 4.51. The number of hydrogen-bond donors (Lipinski definition) is 1. The summed E-state index contributed by atoms with van der Waals surface area (Å²) in [5.74, 6) is -0.0491. The Kier molecular flexibility index (Phi) is 5.12. The molecule has 0 saturated carbocycles. The monoisotopic (exact) mass is 441 g/mol. The van der Waals surface area contributed by atoms with Crippen LogP contribution in [0.25, 0.3) is 10.8 Å². The predicted octanol–water partition coefficient (Wildman–Crippen LogP) is 6.34. The van der Waals surface area contributed by atoms with Gasteiger partial charge in [0.2, 0.25) is 0 Å². The zero-order valence-electron chi connectivity index (χ0n) is 14.7. The maximum Gasteiger partial charge on any atom is 0.416 e. The SMILES string of the molecule is Cc1c([C@@H](C)Nc2nnc(C)c3cc(F)c(Br)cc23)cccc1C(F)(F)F. The molecule has 0 bridgehead atoms. The van der Waals surface area contributed by atoms with Crippen molar-refractivity contribution < 1.29 is 17.6 Å². The molecule has 8 heteroatoms. The van der Waals surface area contributed by atoms with Crippen LogP contribution in [-0.2, 0) is 6.18 Å². The van der Waals surface area contributed by atoms with E-state index in [1.165, 1.54) is 19.1 Å². The summed E-state index contributed by atoms with van der Waals surface area (Å²) in [7, 11) is 0. The summed E-state index contributed by atoms with van der Waals surface area (Å²) in [5.41, 5.74) is 0.547. The first-order valence-corrected chi connectivity index (χ1v) is 8.94. The highest BCUT2D eigenvalue weighted by molar-refractivity contribution is 9.10. The number of aromatic nitrogens is 2. The minimum absolute atomic E-state index is 0.154. The van der Waals surface area contributed by atoms with E-state index in [4.69, 9.17) is 0 Å². The molecule has 0 spiro atoms. The molecule has 0 radical (unpaired) electrons. The Labute approximate surface area is 161 Å². The molecule has 3 aromatic rings. The molecular formula is C19H16BrF4N3. The molecule has 1 N–H and O–H groups in total. The number of anilines is 1. The molecule has 0 unspecified atom stereocenters. The summed E-state index contributed by atoms with van der Waals surface area (Å²) in [6.45, 7) is 4.91. The molecular weight excluding hydrogens is 426 g/mol. The number of nitrogens with one attached hydrogen (secondary N) is 1. The van der Waals surface area contributed by atoms with E-state index in [1.54, 1.807) is 26.0 Å². The Morgan fingerprint density at radius 3 is 2.44 bits per heavy atom. The topological polar surface area (TPSA) is 37.8 Å². The molecule has 0 saturated heterocycles. The molecule has 1 heterocycles. The van der Waals surface area contributed by atoms with Gasteiger partial charge in [-0.1, -0.05) is 12.1 Å². The summed E-state index contributed by atoms with van der Waals surface area (Å²) in [5, 5.41) is 12.5. The van der Waals surface area contributed by atoms with Gasteiger partial charge in [0, 0.05) is 10.8 Å². The van der Waals surface area contributed by atoms with Crippen molar-refractivity contribution in [1.29, 1.82) is 0 Å². The predicted molar refractivity (Wildman–Crippen MR) is 100 cm³/mol. The fraction of sp³-hybridized carbons (Fsp3) is 0.263. The van der Waals surface area contributed by atoms with E-state index in [2.05, 4.69) is 31.4 Å². The van der Waals surface area contributed by atoms with E-state index >= 15 is 0 Å². The van der Waals surface area contributed by atoms with Gasteiger partial charge in [0.05, 0.1) is 21.8 Å². The molecule has 2 aromatic carbocycles. The smallest absolute Gasteiger partial charge is 0.362 e. The van der Waals surface area contributed by atoms with E-state index in [0.717, 1.165) is 6.07 Å². The molecule has 0 aliphatic rings. The first-order valence-electron chi connectivity index (χ1n) is 8.15. The van der Waals surface area contributed by atoms with Crippen LogP contribution in [0.5, 0.6) is 0 Å². The lowest BCUT2D eigenvalue weighted by molar-refractivity contribution is -0.138. The van der Waals surface area contributed by atoms with Crippen molar-refractivity contribution in [2.24, 2.45) is 0 Å². The number of rotatable bonds is 3. The van der Waals surface area contributed by atoms with Gasteiger partial charge < -0.3 is 5.32 Å². The summed E-state index contributed by atoms with van der Waals surface area (Å²) < 4.78 is 53.7.